The zero-order valence-electron chi connectivity index (χ0n) is 26.8. The highest BCUT2D eigenvalue weighted by atomic mass is 16.5. The van der Waals surface area contributed by atoms with Crippen LogP contribution in [0.5, 0.6) is 0 Å². The summed E-state index contributed by atoms with van der Waals surface area (Å²) < 4.78 is 11.5. The van der Waals surface area contributed by atoms with E-state index in [-0.39, 0.29) is 63.9 Å². The Morgan fingerprint density at radius 3 is 2.27 bits per heavy atom. The van der Waals surface area contributed by atoms with Crippen LogP contribution in [-0.2, 0) is 23.9 Å². The lowest BCUT2D eigenvalue weighted by Gasteiger charge is -2.71. The molecule has 0 unspecified atom stereocenters. The first-order valence-corrected chi connectivity index (χ1v) is 16.3. The Hall–Kier alpha value is -1.85. The molecule has 0 bridgehead atoms. The molecule has 0 spiro atoms. The average molecular weight is 571 g/mol. The molecule has 10 atom stereocenters. The Balaban J connectivity index is 1.47. The topological polar surface area (TPSA) is 89.9 Å². The fourth-order valence-corrected chi connectivity index (χ4v) is 11.7. The van der Waals surface area contributed by atoms with E-state index < -0.39 is 5.97 Å². The summed E-state index contributed by atoms with van der Waals surface area (Å²) >= 11 is 0. The lowest BCUT2D eigenvalue weighted by atomic mass is 9.33. The maximum absolute atomic E-state index is 13.5. The number of fused-ring (bicyclic) bond motifs is 7. The van der Waals surface area contributed by atoms with E-state index in [9.17, 15) is 14.4 Å². The Morgan fingerprint density at radius 2 is 1.61 bits per heavy atom. The van der Waals surface area contributed by atoms with Crippen molar-refractivity contribution in [2.45, 2.75) is 125 Å². The van der Waals surface area contributed by atoms with Crippen LogP contribution in [0.2, 0.25) is 0 Å². The van der Waals surface area contributed by atoms with Gasteiger partial charge in [-0.15, -0.1) is 0 Å². The third-order valence-corrected chi connectivity index (χ3v) is 14.3. The SMILES string of the molecule is COC(=O)[C@]12CC[C@@H](C)[C@H](C)[C@H]1C1=CC[C@@H]3[C@@]4(C)CC[C@H](OC(=O)CCC(=O)O)C(C)(C)[C@@H]4CC[C@@]3(C)[C@]1(C)CC2. The summed E-state index contributed by atoms with van der Waals surface area (Å²) in [4.78, 5) is 37.0. The molecule has 0 amide bonds. The number of esters is 2. The number of carbonyl (C=O) groups is 3. The van der Waals surface area contributed by atoms with E-state index in [1.807, 2.05) is 0 Å². The molecule has 1 N–H and O–H groups in total. The van der Waals surface area contributed by atoms with Crippen molar-refractivity contribution < 1.29 is 29.0 Å². The molecule has 0 aromatic carbocycles. The lowest BCUT2D eigenvalue weighted by Crippen LogP contribution is -2.65. The van der Waals surface area contributed by atoms with Crippen LogP contribution < -0.4 is 0 Å². The van der Waals surface area contributed by atoms with Gasteiger partial charge in [0, 0.05) is 5.41 Å². The number of carboxylic acids is 1. The average Bonchev–Trinajstić information content (AvgIpc) is 2.91. The van der Waals surface area contributed by atoms with Crippen LogP contribution in [0.3, 0.4) is 0 Å². The summed E-state index contributed by atoms with van der Waals surface area (Å²) in [6, 6.07) is 0. The third kappa shape index (κ3) is 4.26. The van der Waals surface area contributed by atoms with Crippen molar-refractivity contribution in [1.82, 2.24) is 0 Å². The van der Waals surface area contributed by atoms with E-state index in [4.69, 9.17) is 14.6 Å². The lowest BCUT2D eigenvalue weighted by molar-refractivity contribution is -0.215. The summed E-state index contributed by atoms with van der Waals surface area (Å²) in [7, 11) is 1.57. The molecular weight excluding hydrogens is 516 g/mol. The van der Waals surface area contributed by atoms with E-state index in [2.05, 4.69) is 54.5 Å². The van der Waals surface area contributed by atoms with Crippen molar-refractivity contribution in [3.63, 3.8) is 0 Å². The van der Waals surface area contributed by atoms with E-state index >= 15 is 0 Å². The van der Waals surface area contributed by atoms with Crippen LogP contribution in [0.1, 0.15) is 119 Å². The molecule has 0 aromatic rings. The molecule has 0 aliphatic heterocycles. The first-order chi connectivity index (χ1) is 19.1. The highest BCUT2D eigenvalue weighted by Gasteiger charge is 2.69. The Morgan fingerprint density at radius 1 is 0.902 bits per heavy atom. The van der Waals surface area contributed by atoms with E-state index in [1.54, 1.807) is 12.7 Å². The number of methoxy groups -OCH3 is 1. The zero-order chi connectivity index (χ0) is 30.2. The van der Waals surface area contributed by atoms with Gasteiger partial charge in [0.1, 0.15) is 6.10 Å². The minimum absolute atomic E-state index is 0.00474. The number of hydrogen-bond donors (Lipinski definition) is 1. The molecule has 0 radical (unpaired) electrons. The maximum Gasteiger partial charge on any atom is 0.312 e. The predicted molar refractivity (Wildman–Crippen MR) is 158 cm³/mol. The molecule has 0 aromatic heterocycles. The number of allylic oxidation sites excluding steroid dienone is 2. The van der Waals surface area contributed by atoms with E-state index in [0.29, 0.717) is 23.7 Å². The normalized spacial score (nSPS) is 46.5. The number of ether oxygens (including phenoxy) is 2. The molecule has 4 fully saturated rings. The number of carbonyl (C=O) groups excluding carboxylic acids is 2. The second kappa shape index (κ2) is 10.1. The number of carboxylic acid groups (broad SMARTS) is 1. The fourth-order valence-electron chi connectivity index (χ4n) is 11.7. The van der Waals surface area contributed by atoms with Crippen molar-refractivity contribution >= 4 is 17.9 Å². The van der Waals surface area contributed by atoms with Crippen LogP contribution in [0.25, 0.3) is 0 Å². The van der Waals surface area contributed by atoms with Crippen LogP contribution in [0.4, 0.5) is 0 Å². The molecule has 5 rings (SSSR count). The Bertz CT molecular complexity index is 1120. The summed E-state index contributed by atoms with van der Waals surface area (Å²) in [5.41, 5.74) is 1.27. The van der Waals surface area contributed by atoms with Gasteiger partial charge in [0.2, 0.25) is 0 Å². The molecule has 0 saturated heterocycles. The molecule has 0 heterocycles. The van der Waals surface area contributed by atoms with Gasteiger partial charge in [0.25, 0.3) is 0 Å². The van der Waals surface area contributed by atoms with Crippen LogP contribution in [0.15, 0.2) is 11.6 Å². The van der Waals surface area contributed by atoms with Gasteiger partial charge in [0.15, 0.2) is 0 Å². The van der Waals surface area contributed by atoms with E-state index in [0.717, 1.165) is 57.8 Å². The molecule has 6 heteroatoms. The first-order valence-electron chi connectivity index (χ1n) is 16.3. The van der Waals surface area contributed by atoms with Crippen LogP contribution in [0, 0.1) is 56.7 Å². The molecular formula is C35H54O6. The highest BCUT2D eigenvalue weighted by molar-refractivity contribution is 5.79. The molecule has 41 heavy (non-hydrogen) atoms. The highest BCUT2D eigenvalue weighted by Crippen LogP contribution is 2.76. The predicted octanol–water partition coefficient (Wildman–Crippen LogP) is 7.59. The standard InChI is InChI=1S/C35H54O6/c1-21-13-18-35(30(39)40-8)20-19-33(6)23(29(35)22(21)2)9-10-25-32(5)16-15-26(41-28(38)12-11-27(36)37)31(3,4)24(32)14-17-34(25,33)7/h9,21-22,24-26,29H,10-20H2,1-8H3,(H,36,37)/t21-,22+,24+,25-,26+,29+,32+,33-,34-,35+/m1/s1. The van der Waals surface area contributed by atoms with Crippen molar-refractivity contribution in [1.29, 1.82) is 0 Å². The maximum atomic E-state index is 13.5. The van der Waals surface area contributed by atoms with Crippen LogP contribution in [-0.4, -0.2) is 36.2 Å². The summed E-state index contributed by atoms with van der Waals surface area (Å²) in [6.07, 6.45) is 11.2. The van der Waals surface area contributed by atoms with Gasteiger partial charge in [-0.1, -0.05) is 60.1 Å². The van der Waals surface area contributed by atoms with Gasteiger partial charge in [-0.3, -0.25) is 14.4 Å². The van der Waals surface area contributed by atoms with Crippen LogP contribution >= 0.6 is 0 Å². The van der Waals surface area contributed by atoms with Gasteiger partial charge >= 0.3 is 17.9 Å². The van der Waals surface area contributed by atoms with E-state index in [1.165, 1.54) is 0 Å². The van der Waals surface area contributed by atoms with Gasteiger partial charge in [-0.25, -0.2) is 0 Å². The molecule has 5 aliphatic rings. The van der Waals surface area contributed by atoms with Crippen molar-refractivity contribution in [3.8, 4) is 0 Å². The summed E-state index contributed by atoms with van der Waals surface area (Å²) in [6.45, 7) is 16.9. The number of rotatable bonds is 5. The van der Waals surface area contributed by atoms with Gasteiger partial charge < -0.3 is 14.6 Å². The third-order valence-electron chi connectivity index (χ3n) is 14.3. The quantitative estimate of drug-likeness (QED) is 0.270. The monoisotopic (exact) mass is 570 g/mol. The van der Waals surface area contributed by atoms with Gasteiger partial charge in [-0.2, -0.15) is 0 Å². The summed E-state index contributed by atoms with van der Waals surface area (Å²) in [5, 5.41) is 9.01. The van der Waals surface area contributed by atoms with Gasteiger partial charge in [0.05, 0.1) is 25.4 Å². The number of hydrogen-bond acceptors (Lipinski definition) is 5. The second-order valence-electron chi connectivity index (χ2n) is 16.0. The molecule has 5 aliphatic carbocycles. The minimum Gasteiger partial charge on any atom is -0.481 e. The largest absolute Gasteiger partial charge is 0.481 e. The molecule has 230 valence electrons. The summed E-state index contributed by atoms with van der Waals surface area (Å²) in [5.74, 6) is 0.880. The fraction of sp³-hybridized carbons (Fsp3) is 0.857. The molecule has 6 nitrogen and oxygen atoms in total. The smallest absolute Gasteiger partial charge is 0.312 e. The number of aliphatic carboxylic acids is 1. The molecule has 4 saturated carbocycles. The Labute approximate surface area is 247 Å². The second-order valence-corrected chi connectivity index (χ2v) is 16.0. The van der Waals surface area contributed by atoms with Crippen molar-refractivity contribution in [3.05, 3.63) is 11.6 Å². The van der Waals surface area contributed by atoms with Gasteiger partial charge in [-0.05, 0) is 104 Å². The zero-order valence-corrected chi connectivity index (χ0v) is 26.8. The Kier molecular flexibility index (Phi) is 7.55. The first kappa shape index (κ1) is 30.6. The van der Waals surface area contributed by atoms with Crippen molar-refractivity contribution in [2.75, 3.05) is 7.11 Å². The van der Waals surface area contributed by atoms with Crippen molar-refractivity contribution in [2.24, 2.45) is 56.7 Å². The minimum atomic E-state index is -0.967.